The Kier molecular flexibility index (Phi) is 5.66. The summed E-state index contributed by atoms with van der Waals surface area (Å²) in [6, 6.07) is 7.52. The molecular weight excluding hydrogens is 312 g/mol. The molecule has 2 amide bonds. The summed E-state index contributed by atoms with van der Waals surface area (Å²) in [5, 5.41) is 10.8. The maximum absolute atomic E-state index is 12.3. The number of urea groups is 1. The Bertz CT molecular complexity index is 663. The van der Waals surface area contributed by atoms with Crippen LogP contribution in [0.5, 0.6) is 0 Å². The quantitative estimate of drug-likeness (QED) is 0.877. The van der Waals surface area contributed by atoms with Crippen LogP contribution >= 0.6 is 11.6 Å². The number of carbonyl (C=O) groups is 1. The molecule has 1 aromatic heterocycles. The van der Waals surface area contributed by atoms with E-state index in [1.165, 1.54) is 0 Å². The van der Waals surface area contributed by atoms with Crippen molar-refractivity contribution in [2.24, 2.45) is 0 Å². The number of aryl methyl sites for hydroxylation is 2. The minimum absolute atomic E-state index is 0.0472. The molecular formula is C17H23ClN4O. The van der Waals surface area contributed by atoms with Crippen molar-refractivity contribution in [2.75, 3.05) is 13.6 Å². The summed E-state index contributed by atoms with van der Waals surface area (Å²) in [7, 11) is 1.79. The molecule has 0 fully saturated rings. The third kappa shape index (κ3) is 4.05. The van der Waals surface area contributed by atoms with E-state index in [9.17, 15) is 4.79 Å². The molecule has 2 rings (SSSR count). The Morgan fingerprint density at radius 2 is 2.09 bits per heavy atom. The van der Waals surface area contributed by atoms with Crippen molar-refractivity contribution in [1.82, 2.24) is 20.4 Å². The van der Waals surface area contributed by atoms with E-state index in [1.807, 2.05) is 45.0 Å². The van der Waals surface area contributed by atoms with E-state index in [0.29, 0.717) is 13.0 Å². The first-order valence-corrected chi connectivity index (χ1v) is 8.05. The minimum Gasteiger partial charge on any atom is -0.338 e. The van der Waals surface area contributed by atoms with Crippen molar-refractivity contribution in [3.8, 4) is 0 Å². The molecule has 0 aliphatic heterocycles. The van der Waals surface area contributed by atoms with Crippen LogP contribution in [0.4, 0.5) is 4.79 Å². The summed E-state index contributed by atoms with van der Waals surface area (Å²) < 4.78 is 0. The van der Waals surface area contributed by atoms with Crippen molar-refractivity contribution >= 4 is 17.6 Å². The number of hydrogen-bond donors (Lipinski definition) is 2. The number of benzene rings is 1. The summed E-state index contributed by atoms with van der Waals surface area (Å²) >= 11 is 6.12. The number of halogens is 1. The van der Waals surface area contributed by atoms with Crippen LogP contribution in [0.1, 0.15) is 35.5 Å². The molecule has 0 aliphatic carbocycles. The normalized spacial score (nSPS) is 12.0. The molecule has 23 heavy (non-hydrogen) atoms. The van der Waals surface area contributed by atoms with Gasteiger partial charge in [0.25, 0.3) is 0 Å². The number of nitrogens with zero attached hydrogens (tertiary/aromatic N) is 2. The van der Waals surface area contributed by atoms with Gasteiger partial charge in [-0.2, -0.15) is 5.10 Å². The zero-order valence-corrected chi connectivity index (χ0v) is 14.7. The van der Waals surface area contributed by atoms with Gasteiger partial charge in [0.05, 0.1) is 11.7 Å². The number of carbonyl (C=O) groups excluding carboxylic acids is 1. The van der Waals surface area contributed by atoms with Crippen molar-refractivity contribution in [3.63, 3.8) is 0 Å². The lowest BCUT2D eigenvalue weighted by atomic mass is 10.1. The van der Waals surface area contributed by atoms with Gasteiger partial charge < -0.3 is 10.2 Å². The fourth-order valence-corrected chi connectivity index (χ4v) is 2.90. The van der Waals surface area contributed by atoms with Crippen LogP contribution in [-0.4, -0.2) is 34.7 Å². The van der Waals surface area contributed by atoms with E-state index < -0.39 is 0 Å². The van der Waals surface area contributed by atoms with Gasteiger partial charge in [-0.25, -0.2) is 4.79 Å². The monoisotopic (exact) mass is 334 g/mol. The van der Waals surface area contributed by atoms with Crippen LogP contribution in [0.15, 0.2) is 24.3 Å². The standard InChI is InChI=1S/C17H23ClN4O/c1-11-16(12(2)21-20-11)13(3)22(4)17(23)19-10-9-14-7-5-6-8-15(14)18/h5-8,13H,9-10H2,1-4H3,(H,19,23)(H,20,21). The fourth-order valence-electron chi connectivity index (χ4n) is 2.67. The van der Waals surface area contributed by atoms with E-state index in [2.05, 4.69) is 15.5 Å². The van der Waals surface area contributed by atoms with Gasteiger partial charge in [-0.3, -0.25) is 5.10 Å². The van der Waals surface area contributed by atoms with Gasteiger partial charge in [0.1, 0.15) is 0 Å². The second-order valence-electron chi connectivity index (χ2n) is 5.71. The van der Waals surface area contributed by atoms with E-state index >= 15 is 0 Å². The fraction of sp³-hybridized carbons (Fsp3) is 0.412. The SMILES string of the molecule is Cc1n[nH]c(C)c1C(C)N(C)C(=O)NCCc1ccccc1Cl. The number of nitrogens with one attached hydrogen (secondary N) is 2. The van der Waals surface area contributed by atoms with Crippen LogP contribution in [0.25, 0.3) is 0 Å². The van der Waals surface area contributed by atoms with Crippen molar-refractivity contribution in [3.05, 3.63) is 51.8 Å². The molecule has 0 saturated carbocycles. The topological polar surface area (TPSA) is 61.0 Å². The van der Waals surface area contributed by atoms with Crippen LogP contribution in [0, 0.1) is 13.8 Å². The lowest BCUT2D eigenvalue weighted by Gasteiger charge is -2.25. The minimum atomic E-state index is -0.107. The van der Waals surface area contributed by atoms with E-state index in [4.69, 9.17) is 11.6 Å². The smallest absolute Gasteiger partial charge is 0.317 e. The van der Waals surface area contributed by atoms with Gasteiger partial charge in [0.15, 0.2) is 0 Å². The molecule has 0 saturated heterocycles. The van der Waals surface area contributed by atoms with E-state index in [-0.39, 0.29) is 12.1 Å². The van der Waals surface area contributed by atoms with Crippen LogP contribution in [0.3, 0.4) is 0 Å². The molecule has 0 radical (unpaired) electrons. The average Bonchev–Trinajstić information content (AvgIpc) is 2.86. The number of rotatable bonds is 5. The molecule has 5 nitrogen and oxygen atoms in total. The Labute approximate surface area is 142 Å². The second-order valence-corrected chi connectivity index (χ2v) is 6.12. The molecule has 1 heterocycles. The van der Waals surface area contributed by atoms with Crippen LogP contribution in [-0.2, 0) is 6.42 Å². The van der Waals surface area contributed by atoms with Crippen LogP contribution < -0.4 is 5.32 Å². The Balaban J connectivity index is 1.91. The molecule has 0 spiro atoms. The zero-order valence-electron chi connectivity index (χ0n) is 14.0. The van der Waals surface area contributed by atoms with Crippen molar-refractivity contribution < 1.29 is 4.79 Å². The molecule has 1 aromatic carbocycles. The predicted octanol–water partition coefficient (Wildman–Crippen LogP) is 3.63. The number of aromatic nitrogens is 2. The third-order valence-corrected chi connectivity index (χ3v) is 4.50. The molecule has 1 atom stereocenters. The summed E-state index contributed by atoms with van der Waals surface area (Å²) in [6.45, 7) is 6.45. The highest BCUT2D eigenvalue weighted by Gasteiger charge is 2.21. The van der Waals surface area contributed by atoms with Gasteiger partial charge in [-0.1, -0.05) is 29.8 Å². The molecule has 2 aromatic rings. The lowest BCUT2D eigenvalue weighted by Crippen LogP contribution is -2.39. The maximum Gasteiger partial charge on any atom is 0.317 e. The molecule has 0 bridgehead atoms. The lowest BCUT2D eigenvalue weighted by molar-refractivity contribution is 0.194. The molecule has 1 unspecified atom stereocenters. The van der Waals surface area contributed by atoms with E-state index in [1.54, 1.807) is 11.9 Å². The Morgan fingerprint density at radius 1 is 1.39 bits per heavy atom. The van der Waals surface area contributed by atoms with Gasteiger partial charge in [0.2, 0.25) is 0 Å². The van der Waals surface area contributed by atoms with E-state index in [0.717, 1.165) is 27.5 Å². The maximum atomic E-state index is 12.3. The highest BCUT2D eigenvalue weighted by molar-refractivity contribution is 6.31. The Hall–Kier alpha value is -2.01. The first-order chi connectivity index (χ1) is 10.9. The molecule has 124 valence electrons. The summed E-state index contributed by atoms with van der Waals surface area (Å²) in [6.07, 6.45) is 0.706. The highest BCUT2D eigenvalue weighted by atomic mass is 35.5. The summed E-state index contributed by atoms with van der Waals surface area (Å²) in [4.78, 5) is 14.0. The van der Waals surface area contributed by atoms with Gasteiger partial charge in [-0.05, 0) is 38.8 Å². The summed E-state index contributed by atoms with van der Waals surface area (Å²) in [5.41, 5.74) is 4.01. The molecule has 0 aliphatic rings. The van der Waals surface area contributed by atoms with Gasteiger partial charge in [0, 0.05) is 29.9 Å². The molecule has 6 heteroatoms. The largest absolute Gasteiger partial charge is 0.338 e. The predicted molar refractivity (Wildman–Crippen MR) is 92.8 cm³/mol. The highest BCUT2D eigenvalue weighted by Crippen LogP contribution is 2.23. The Morgan fingerprint density at radius 3 is 2.70 bits per heavy atom. The van der Waals surface area contributed by atoms with Gasteiger partial charge in [-0.15, -0.1) is 0 Å². The van der Waals surface area contributed by atoms with Gasteiger partial charge >= 0.3 is 6.03 Å². The van der Waals surface area contributed by atoms with Crippen LogP contribution in [0.2, 0.25) is 5.02 Å². The number of hydrogen-bond acceptors (Lipinski definition) is 2. The number of aromatic amines is 1. The van der Waals surface area contributed by atoms with Crippen molar-refractivity contribution in [1.29, 1.82) is 0 Å². The first kappa shape index (κ1) is 17.3. The average molecular weight is 335 g/mol. The number of H-pyrrole nitrogens is 1. The summed E-state index contributed by atoms with van der Waals surface area (Å²) in [5.74, 6) is 0. The third-order valence-electron chi connectivity index (χ3n) is 4.13. The second kappa shape index (κ2) is 7.51. The first-order valence-electron chi connectivity index (χ1n) is 7.67. The number of amides is 2. The molecule has 2 N–H and O–H groups in total. The zero-order chi connectivity index (χ0) is 17.0. The van der Waals surface area contributed by atoms with Crippen molar-refractivity contribution in [2.45, 2.75) is 33.2 Å².